The molecule has 0 radical (unpaired) electrons. The van der Waals surface area contributed by atoms with Crippen LogP contribution in [0.3, 0.4) is 0 Å². The number of hydrogen-bond acceptors (Lipinski definition) is 4. The summed E-state index contributed by atoms with van der Waals surface area (Å²) in [6.45, 7) is 1.34. The Balaban J connectivity index is 1.40. The quantitative estimate of drug-likeness (QED) is 0.707. The zero-order chi connectivity index (χ0) is 18.8. The molecule has 27 heavy (non-hydrogen) atoms. The van der Waals surface area contributed by atoms with Gasteiger partial charge in [0.15, 0.2) is 5.65 Å². The Bertz CT molecular complexity index is 974. The summed E-state index contributed by atoms with van der Waals surface area (Å²) in [5, 5.41) is 11.2. The van der Waals surface area contributed by atoms with Crippen LogP contribution >= 0.6 is 0 Å². The van der Waals surface area contributed by atoms with Gasteiger partial charge in [-0.2, -0.15) is 4.52 Å². The summed E-state index contributed by atoms with van der Waals surface area (Å²) in [5.41, 5.74) is 1.65. The highest BCUT2D eigenvalue weighted by Gasteiger charge is 2.25. The monoisotopic (exact) mass is 371 g/mol. The number of hydrogen-bond donors (Lipinski definition) is 0. The lowest BCUT2D eigenvalue weighted by Gasteiger charge is -2.33. The molecule has 3 aromatic rings. The fourth-order valence-electron chi connectivity index (χ4n) is 3.62. The van der Waals surface area contributed by atoms with E-state index in [-0.39, 0.29) is 5.91 Å². The molecule has 4 rings (SSSR count). The number of carbonyl (C=O) groups is 1. The van der Waals surface area contributed by atoms with Gasteiger partial charge >= 0.3 is 0 Å². The molecule has 1 amide bonds. The largest absolute Gasteiger partial charge is 0.338 e. The van der Waals surface area contributed by atoms with Crippen molar-refractivity contribution in [2.24, 2.45) is 5.92 Å². The van der Waals surface area contributed by atoms with E-state index < -0.39 is 11.6 Å². The minimum absolute atomic E-state index is 0.0509. The van der Waals surface area contributed by atoms with Crippen molar-refractivity contribution in [3.8, 4) is 0 Å². The number of rotatable bonds is 4. The first-order chi connectivity index (χ1) is 13.1. The third-order valence-electron chi connectivity index (χ3n) is 5.08. The second kappa shape index (κ2) is 7.38. The minimum Gasteiger partial charge on any atom is -0.338 e. The molecule has 1 saturated heterocycles. The zero-order valence-corrected chi connectivity index (χ0v) is 14.7. The van der Waals surface area contributed by atoms with Crippen LogP contribution in [-0.4, -0.2) is 43.9 Å². The summed E-state index contributed by atoms with van der Waals surface area (Å²) >= 11 is 0. The van der Waals surface area contributed by atoms with Crippen molar-refractivity contribution < 1.29 is 13.6 Å². The summed E-state index contributed by atoms with van der Waals surface area (Å²) in [6, 6.07) is 7.14. The average molecular weight is 371 g/mol. The molecule has 1 atom stereocenters. The van der Waals surface area contributed by atoms with Crippen LogP contribution in [0.5, 0.6) is 0 Å². The van der Waals surface area contributed by atoms with Crippen LogP contribution in [0.1, 0.15) is 35.2 Å². The maximum atomic E-state index is 13.8. The fourth-order valence-corrected chi connectivity index (χ4v) is 3.62. The van der Waals surface area contributed by atoms with E-state index in [2.05, 4.69) is 15.5 Å². The van der Waals surface area contributed by atoms with Gasteiger partial charge in [-0.3, -0.25) is 4.79 Å². The third-order valence-corrected chi connectivity index (χ3v) is 5.08. The Morgan fingerprint density at radius 2 is 2.11 bits per heavy atom. The second-order valence-electron chi connectivity index (χ2n) is 6.93. The van der Waals surface area contributed by atoms with Gasteiger partial charge in [-0.05, 0) is 65.8 Å². The lowest BCUT2D eigenvalue weighted by Crippen LogP contribution is -2.40. The molecule has 0 N–H and O–H groups in total. The summed E-state index contributed by atoms with van der Waals surface area (Å²) in [7, 11) is 0. The Morgan fingerprint density at radius 1 is 1.22 bits per heavy atom. The minimum atomic E-state index is -0.565. The number of tetrazole rings is 1. The van der Waals surface area contributed by atoms with Gasteiger partial charge in [0.05, 0.1) is 5.56 Å². The van der Waals surface area contributed by atoms with Gasteiger partial charge in [0.1, 0.15) is 11.6 Å². The molecular formula is C19H19F2N5O. The molecule has 3 heterocycles. The van der Waals surface area contributed by atoms with Crippen LogP contribution in [0.2, 0.25) is 0 Å². The van der Waals surface area contributed by atoms with E-state index in [4.69, 9.17) is 0 Å². The first-order valence-electron chi connectivity index (χ1n) is 9.01. The number of aromatic nitrogens is 4. The standard InChI is InChI=1S/C19H19F2N5O/c20-16-7-5-14(17(21)10-16)4-3-13-2-1-9-25(11-13)19(27)15-6-8-18-22-23-24-26(18)12-15/h5-8,10,12-13H,1-4,9,11H2. The third kappa shape index (κ3) is 3.79. The zero-order valence-electron chi connectivity index (χ0n) is 14.7. The van der Waals surface area contributed by atoms with Crippen LogP contribution in [0, 0.1) is 17.6 Å². The van der Waals surface area contributed by atoms with Crippen molar-refractivity contribution in [1.82, 2.24) is 24.9 Å². The molecular weight excluding hydrogens is 352 g/mol. The number of amides is 1. The molecule has 1 aliphatic heterocycles. The number of likely N-dealkylation sites (tertiary alicyclic amines) is 1. The van der Waals surface area contributed by atoms with Crippen molar-refractivity contribution in [2.75, 3.05) is 13.1 Å². The van der Waals surface area contributed by atoms with Gasteiger partial charge in [-0.1, -0.05) is 6.07 Å². The molecule has 0 spiro atoms. The fraction of sp³-hybridized carbons (Fsp3) is 0.368. The van der Waals surface area contributed by atoms with E-state index in [1.54, 1.807) is 18.3 Å². The van der Waals surface area contributed by atoms with Crippen molar-refractivity contribution in [3.63, 3.8) is 0 Å². The number of halogens is 2. The normalized spacial score (nSPS) is 17.4. The predicted molar refractivity (Wildman–Crippen MR) is 94.1 cm³/mol. The Morgan fingerprint density at radius 3 is 2.96 bits per heavy atom. The number of benzene rings is 1. The van der Waals surface area contributed by atoms with Crippen LogP contribution in [-0.2, 0) is 6.42 Å². The summed E-state index contributed by atoms with van der Waals surface area (Å²) in [5.74, 6) is -0.826. The van der Waals surface area contributed by atoms with Crippen molar-refractivity contribution in [2.45, 2.75) is 25.7 Å². The topological polar surface area (TPSA) is 63.4 Å². The van der Waals surface area contributed by atoms with E-state index in [9.17, 15) is 13.6 Å². The molecule has 0 bridgehead atoms. The van der Waals surface area contributed by atoms with Gasteiger partial charge in [-0.25, -0.2) is 8.78 Å². The number of piperidine rings is 1. The first-order valence-corrected chi connectivity index (χ1v) is 9.01. The van der Waals surface area contributed by atoms with E-state index in [0.29, 0.717) is 42.2 Å². The Labute approximate surface area is 154 Å². The number of pyridine rings is 1. The predicted octanol–water partition coefficient (Wildman–Crippen LogP) is 2.89. The van der Waals surface area contributed by atoms with Crippen LogP contribution in [0.25, 0.3) is 5.65 Å². The lowest BCUT2D eigenvalue weighted by atomic mass is 9.91. The molecule has 8 heteroatoms. The summed E-state index contributed by atoms with van der Waals surface area (Å²) < 4.78 is 28.3. The number of aryl methyl sites for hydroxylation is 1. The highest BCUT2D eigenvalue weighted by atomic mass is 19.1. The van der Waals surface area contributed by atoms with Crippen LogP contribution in [0.4, 0.5) is 8.78 Å². The highest BCUT2D eigenvalue weighted by molar-refractivity contribution is 5.94. The SMILES string of the molecule is O=C(c1ccc2nnnn2c1)N1CCCC(CCc2ccc(F)cc2F)C1. The van der Waals surface area contributed by atoms with Crippen LogP contribution in [0.15, 0.2) is 36.5 Å². The molecule has 0 saturated carbocycles. The molecule has 1 aliphatic rings. The van der Waals surface area contributed by atoms with Crippen molar-refractivity contribution in [3.05, 3.63) is 59.3 Å². The smallest absolute Gasteiger partial charge is 0.255 e. The first kappa shape index (κ1) is 17.5. The van der Waals surface area contributed by atoms with E-state index in [1.807, 2.05) is 4.90 Å². The lowest BCUT2D eigenvalue weighted by molar-refractivity contribution is 0.0667. The molecule has 1 aromatic carbocycles. The summed E-state index contributed by atoms with van der Waals surface area (Å²) in [6.07, 6.45) is 4.84. The van der Waals surface area contributed by atoms with Gasteiger partial charge in [0.25, 0.3) is 5.91 Å². The molecule has 6 nitrogen and oxygen atoms in total. The van der Waals surface area contributed by atoms with E-state index in [1.165, 1.54) is 16.6 Å². The van der Waals surface area contributed by atoms with Crippen LogP contribution < -0.4 is 0 Å². The Kier molecular flexibility index (Phi) is 4.79. The molecule has 0 aliphatic carbocycles. The Hall–Kier alpha value is -2.90. The highest BCUT2D eigenvalue weighted by Crippen LogP contribution is 2.24. The maximum Gasteiger partial charge on any atom is 0.255 e. The van der Waals surface area contributed by atoms with Crippen molar-refractivity contribution >= 4 is 11.6 Å². The number of nitrogens with zero attached hydrogens (tertiary/aromatic N) is 5. The summed E-state index contributed by atoms with van der Waals surface area (Å²) in [4.78, 5) is 14.7. The van der Waals surface area contributed by atoms with Gasteiger partial charge in [0.2, 0.25) is 0 Å². The molecule has 2 aromatic heterocycles. The molecule has 1 unspecified atom stereocenters. The van der Waals surface area contributed by atoms with E-state index >= 15 is 0 Å². The average Bonchev–Trinajstić information content (AvgIpc) is 3.15. The van der Waals surface area contributed by atoms with E-state index in [0.717, 1.165) is 25.3 Å². The van der Waals surface area contributed by atoms with Gasteiger partial charge < -0.3 is 4.90 Å². The number of carbonyl (C=O) groups excluding carboxylic acids is 1. The maximum absolute atomic E-state index is 13.8. The number of fused-ring (bicyclic) bond motifs is 1. The van der Waals surface area contributed by atoms with Gasteiger partial charge in [-0.15, -0.1) is 5.10 Å². The van der Waals surface area contributed by atoms with Crippen molar-refractivity contribution in [1.29, 1.82) is 0 Å². The molecule has 140 valence electrons. The van der Waals surface area contributed by atoms with Gasteiger partial charge in [0, 0.05) is 25.4 Å². The second-order valence-corrected chi connectivity index (χ2v) is 6.93. The molecule has 1 fully saturated rings.